The molecule has 1 aromatic rings. The largest absolute Gasteiger partial charge is 0.508 e. The van der Waals surface area contributed by atoms with Crippen LogP contribution >= 0.6 is 0 Å². The first-order chi connectivity index (χ1) is 7.94. The molecule has 0 bridgehead atoms. The van der Waals surface area contributed by atoms with Crippen molar-refractivity contribution >= 4 is 5.91 Å². The van der Waals surface area contributed by atoms with Crippen LogP contribution in [-0.2, 0) is 0 Å². The van der Waals surface area contributed by atoms with Crippen molar-refractivity contribution in [3.8, 4) is 5.75 Å². The highest BCUT2D eigenvalue weighted by Crippen LogP contribution is 2.18. The van der Waals surface area contributed by atoms with Gasteiger partial charge in [-0.2, -0.15) is 0 Å². The first kappa shape index (κ1) is 13.5. The fraction of sp³-hybridized carbons (Fsp3) is 0.462. The van der Waals surface area contributed by atoms with Crippen LogP contribution in [0.15, 0.2) is 24.3 Å². The molecule has 1 rings (SSSR count). The molecule has 0 aliphatic carbocycles. The summed E-state index contributed by atoms with van der Waals surface area (Å²) in [6.07, 6.45) is 0.864. The molecular formula is C13H20N2O2. The summed E-state index contributed by atoms with van der Waals surface area (Å²) >= 11 is 0. The van der Waals surface area contributed by atoms with Crippen LogP contribution < -0.4 is 11.1 Å². The summed E-state index contributed by atoms with van der Waals surface area (Å²) in [7, 11) is 0. The highest BCUT2D eigenvalue weighted by atomic mass is 16.3. The molecule has 1 aromatic carbocycles. The van der Waals surface area contributed by atoms with Crippen molar-refractivity contribution in [2.24, 2.45) is 11.1 Å². The van der Waals surface area contributed by atoms with E-state index in [0.717, 1.165) is 6.42 Å². The molecule has 4 heteroatoms. The van der Waals surface area contributed by atoms with E-state index >= 15 is 0 Å². The lowest BCUT2D eigenvalue weighted by atomic mass is 9.89. The molecule has 0 radical (unpaired) electrons. The second kappa shape index (κ2) is 5.68. The Balaban J connectivity index is 2.53. The van der Waals surface area contributed by atoms with Crippen LogP contribution in [0.4, 0.5) is 0 Å². The van der Waals surface area contributed by atoms with Crippen molar-refractivity contribution in [2.75, 3.05) is 13.1 Å². The Hall–Kier alpha value is -1.55. The Morgan fingerprint density at radius 2 is 1.94 bits per heavy atom. The third-order valence-corrected chi connectivity index (χ3v) is 2.68. The molecule has 0 aliphatic rings. The van der Waals surface area contributed by atoms with E-state index in [4.69, 9.17) is 10.8 Å². The molecule has 0 unspecified atom stereocenters. The summed E-state index contributed by atoms with van der Waals surface area (Å²) in [6, 6.07) is 6.20. The van der Waals surface area contributed by atoms with Gasteiger partial charge in [-0.25, -0.2) is 0 Å². The van der Waals surface area contributed by atoms with E-state index in [9.17, 15) is 4.79 Å². The third kappa shape index (κ3) is 4.44. The first-order valence-corrected chi connectivity index (χ1v) is 5.72. The summed E-state index contributed by atoms with van der Waals surface area (Å²) in [5, 5.41) is 12.0. The van der Waals surface area contributed by atoms with Crippen LogP contribution in [0.2, 0.25) is 0 Å². The van der Waals surface area contributed by atoms with Gasteiger partial charge in [0.15, 0.2) is 0 Å². The molecule has 4 N–H and O–H groups in total. The van der Waals surface area contributed by atoms with Crippen LogP contribution in [0, 0.1) is 5.41 Å². The molecule has 0 fully saturated rings. The second-order valence-corrected chi connectivity index (χ2v) is 4.93. The maximum atomic E-state index is 11.8. The zero-order valence-corrected chi connectivity index (χ0v) is 10.4. The van der Waals surface area contributed by atoms with Crippen LogP contribution in [0.25, 0.3) is 0 Å². The highest BCUT2D eigenvalue weighted by Gasteiger charge is 2.18. The summed E-state index contributed by atoms with van der Waals surface area (Å²) in [5.74, 6) is 0.0279. The number of carbonyl (C=O) groups excluding carboxylic acids is 1. The number of phenolic OH excluding ortho intramolecular Hbond substituents is 1. The molecular weight excluding hydrogens is 216 g/mol. The number of nitrogens with one attached hydrogen (secondary N) is 1. The topological polar surface area (TPSA) is 75.3 Å². The van der Waals surface area contributed by atoms with E-state index in [1.165, 1.54) is 12.1 Å². The highest BCUT2D eigenvalue weighted by molar-refractivity contribution is 5.94. The van der Waals surface area contributed by atoms with Gasteiger partial charge in [0.1, 0.15) is 5.75 Å². The standard InChI is InChI=1S/C13H20N2O2/c1-13(2,7-8-14)9-15-12(17)10-3-5-11(16)6-4-10/h3-6,16H,7-9,14H2,1-2H3,(H,15,17). The number of phenols is 1. The van der Waals surface area contributed by atoms with E-state index in [1.54, 1.807) is 12.1 Å². The zero-order valence-electron chi connectivity index (χ0n) is 10.4. The van der Waals surface area contributed by atoms with Crippen molar-refractivity contribution in [3.05, 3.63) is 29.8 Å². The smallest absolute Gasteiger partial charge is 0.251 e. The van der Waals surface area contributed by atoms with Gasteiger partial charge in [0.2, 0.25) is 0 Å². The van der Waals surface area contributed by atoms with Crippen LogP contribution in [-0.4, -0.2) is 24.1 Å². The number of rotatable bonds is 5. The van der Waals surface area contributed by atoms with Crippen molar-refractivity contribution < 1.29 is 9.90 Å². The Labute approximate surface area is 102 Å². The van der Waals surface area contributed by atoms with Gasteiger partial charge < -0.3 is 16.2 Å². The summed E-state index contributed by atoms with van der Waals surface area (Å²) in [5.41, 5.74) is 6.06. The van der Waals surface area contributed by atoms with E-state index in [2.05, 4.69) is 19.2 Å². The van der Waals surface area contributed by atoms with Gasteiger partial charge in [0.05, 0.1) is 0 Å². The Morgan fingerprint density at radius 3 is 2.47 bits per heavy atom. The van der Waals surface area contributed by atoms with Crippen molar-refractivity contribution in [3.63, 3.8) is 0 Å². The quantitative estimate of drug-likeness (QED) is 0.725. The minimum absolute atomic E-state index is 0.00132. The monoisotopic (exact) mass is 236 g/mol. The van der Waals surface area contributed by atoms with Gasteiger partial charge in [-0.3, -0.25) is 4.79 Å². The third-order valence-electron chi connectivity index (χ3n) is 2.68. The number of hydrogen-bond donors (Lipinski definition) is 3. The van der Waals surface area contributed by atoms with Gasteiger partial charge >= 0.3 is 0 Å². The predicted octanol–water partition coefficient (Wildman–Crippen LogP) is 1.50. The molecule has 4 nitrogen and oxygen atoms in total. The molecule has 0 heterocycles. The number of aromatic hydroxyl groups is 1. The lowest BCUT2D eigenvalue weighted by Gasteiger charge is -2.24. The Kier molecular flexibility index (Phi) is 4.52. The second-order valence-electron chi connectivity index (χ2n) is 4.93. The van der Waals surface area contributed by atoms with E-state index in [0.29, 0.717) is 18.7 Å². The maximum Gasteiger partial charge on any atom is 0.251 e. The Bertz CT molecular complexity index is 372. The normalized spacial score (nSPS) is 11.2. The van der Waals surface area contributed by atoms with E-state index in [1.807, 2.05) is 0 Å². The van der Waals surface area contributed by atoms with E-state index < -0.39 is 0 Å². The lowest BCUT2D eigenvalue weighted by Crippen LogP contribution is -2.35. The Morgan fingerprint density at radius 1 is 1.35 bits per heavy atom. The minimum atomic E-state index is -0.130. The molecule has 17 heavy (non-hydrogen) atoms. The SMILES string of the molecule is CC(C)(CCN)CNC(=O)c1ccc(O)cc1. The molecule has 0 saturated heterocycles. The van der Waals surface area contributed by atoms with Gasteiger partial charge in [-0.1, -0.05) is 13.8 Å². The van der Waals surface area contributed by atoms with Crippen molar-refractivity contribution in [2.45, 2.75) is 20.3 Å². The fourth-order valence-electron chi connectivity index (χ4n) is 1.51. The van der Waals surface area contributed by atoms with Crippen LogP contribution in [0.5, 0.6) is 5.75 Å². The number of hydrogen-bond acceptors (Lipinski definition) is 3. The zero-order chi connectivity index (χ0) is 12.9. The molecule has 94 valence electrons. The van der Waals surface area contributed by atoms with Crippen LogP contribution in [0.1, 0.15) is 30.6 Å². The predicted molar refractivity (Wildman–Crippen MR) is 67.9 cm³/mol. The molecule has 0 atom stereocenters. The van der Waals surface area contributed by atoms with Gasteiger partial charge in [-0.05, 0) is 42.6 Å². The van der Waals surface area contributed by atoms with Crippen molar-refractivity contribution in [1.82, 2.24) is 5.32 Å². The molecule has 0 aromatic heterocycles. The van der Waals surface area contributed by atoms with Gasteiger partial charge in [0, 0.05) is 12.1 Å². The molecule has 0 spiro atoms. The number of carbonyl (C=O) groups is 1. The van der Waals surface area contributed by atoms with Crippen LogP contribution in [0.3, 0.4) is 0 Å². The lowest BCUT2D eigenvalue weighted by molar-refractivity contribution is 0.0935. The molecule has 1 amide bonds. The fourth-order valence-corrected chi connectivity index (χ4v) is 1.51. The average Bonchev–Trinajstić information content (AvgIpc) is 2.27. The average molecular weight is 236 g/mol. The molecule has 0 aliphatic heterocycles. The maximum absolute atomic E-state index is 11.8. The number of nitrogens with two attached hydrogens (primary N) is 1. The first-order valence-electron chi connectivity index (χ1n) is 5.72. The van der Waals surface area contributed by atoms with Gasteiger partial charge in [0.25, 0.3) is 5.91 Å². The summed E-state index contributed by atoms with van der Waals surface area (Å²) in [4.78, 5) is 11.8. The van der Waals surface area contributed by atoms with Gasteiger partial charge in [-0.15, -0.1) is 0 Å². The summed E-state index contributed by atoms with van der Waals surface area (Å²) < 4.78 is 0. The van der Waals surface area contributed by atoms with Crippen molar-refractivity contribution in [1.29, 1.82) is 0 Å². The number of amides is 1. The molecule has 0 saturated carbocycles. The van der Waals surface area contributed by atoms with E-state index in [-0.39, 0.29) is 17.1 Å². The number of benzene rings is 1. The summed E-state index contributed by atoms with van der Waals surface area (Å²) in [6.45, 7) is 5.33. The minimum Gasteiger partial charge on any atom is -0.508 e.